The van der Waals surface area contributed by atoms with Gasteiger partial charge in [0.05, 0.1) is 5.75 Å². The molecule has 0 saturated carbocycles. The van der Waals surface area contributed by atoms with Gasteiger partial charge in [-0.1, -0.05) is 6.92 Å². The van der Waals surface area contributed by atoms with E-state index in [4.69, 9.17) is 5.73 Å². The number of sulfone groups is 1. The summed E-state index contributed by atoms with van der Waals surface area (Å²) in [6, 6.07) is 1.18. The molecule has 0 bridgehead atoms. The number of H-pyrrole nitrogens is 1. The van der Waals surface area contributed by atoms with Crippen molar-refractivity contribution in [3.8, 4) is 0 Å². The smallest absolute Gasteiger partial charge is 0.266 e. The third-order valence-electron chi connectivity index (χ3n) is 1.70. The highest BCUT2D eigenvalue weighted by atomic mass is 32.2. The van der Waals surface area contributed by atoms with Crippen LogP contribution < -0.4 is 11.3 Å². The third-order valence-corrected chi connectivity index (χ3v) is 3.62. The zero-order valence-electron chi connectivity index (χ0n) is 7.78. The summed E-state index contributed by atoms with van der Waals surface area (Å²) in [6.45, 7) is 1.73. The van der Waals surface area contributed by atoms with Crippen LogP contribution in [0.1, 0.15) is 13.3 Å². The van der Waals surface area contributed by atoms with Gasteiger partial charge < -0.3 is 10.7 Å². The largest absolute Gasteiger partial charge is 0.398 e. The predicted octanol–water partition coefficient (Wildman–Crippen LogP) is 0.141. The van der Waals surface area contributed by atoms with Crippen molar-refractivity contribution in [2.75, 3.05) is 11.5 Å². The number of hydrogen-bond acceptors (Lipinski definition) is 4. The molecule has 1 aromatic heterocycles. The van der Waals surface area contributed by atoms with Gasteiger partial charge in [0.2, 0.25) is 0 Å². The molecule has 0 fully saturated rings. The summed E-state index contributed by atoms with van der Waals surface area (Å²) in [5.41, 5.74) is 5.00. The van der Waals surface area contributed by atoms with Gasteiger partial charge in [0.25, 0.3) is 5.56 Å². The molecule has 0 aliphatic carbocycles. The number of aromatic amines is 1. The number of anilines is 1. The molecule has 6 heteroatoms. The second-order valence-electron chi connectivity index (χ2n) is 2.95. The SMILES string of the molecule is CCCS(=O)(=O)c1cc(N)c[nH]c1=O. The van der Waals surface area contributed by atoms with Gasteiger partial charge in [-0.05, 0) is 12.5 Å². The Morgan fingerprint density at radius 3 is 2.71 bits per heavy atom. The summed E-state index contributed by atoms with van der Waals surface area (Å²) in [4.78, 5) is 13.2. The van der Waals surface area contributed by atoms with Crippen LogP contribution in [0.25, 0.3) is 0 Å². The van der Waals surface area contributed by atoms with Crippen LogP contribution in [0.4, 0.5) is 5.69 Å². The van der Waals surface area contributed by atoms with E-state index in [0.717, 1.165) is 0 Å². The van der Waals surface area contributed by atoms with Gasteiger partial charge >= 0.3 is 0 Å². The summed E-state index contributed by atoms with van der Waals surface area (Å²) in [6.07, 6.45) is 1.74. The summed E-state index contributed by atoms with van der Waals surface area (Å²) < 4.78 is 23.1. The van der Waals surface area contributed by atoms with E-state index in [9.17, 15) is 13.2 Å². The van der Waals surface area contributed by atoms with Crippen molar-refractivity contribution in [2.45, 2.75) is 18.2 Å². The Balaban J connectivity index is 3.32. The topological polar surface area (TPSA) is 93.0 Å². The number of nitrogens with one attached hydrogen (secondary N) is 1. The lowest BCUT2D eigenvalue weighted by molar-refractivity contribution is 0.593. The van der Waals surface area contributed by atoms with E-state index in [1.54, 1.807) is 6.92 Å². The Morgan fingerprint density at radius 2 is 2.14 bits per heavy atom. The van der Waals surface area contributed by atoms with E-state index in [1.165, 1.54) is 12.3 Å². The van der Waals surface area contributed by atoms with Crippen molar-refractivity contribution in [2.24, 2.45) is 0 Å². The molecule has 0 aliphatic heterocycles. The van der Waals surface area contributed by atoms with E-state index >= 15 is 0 Å². The van der Waals surface area contributed by atoms with Gasteiger partial charge in [0.1, 0.15) is 4.90 Å². The van der Waals surface area contributed by atoms with E-state index < -0.39 is 15.4 Å². The summed E-state index contributed by atoms with van der Waals surface area (Å²) in [5, 5.41) is 0. The van der Waals surface area contributed by atoms with Crippen LogP contribution in [0, 0.1) is 0 Å². The maximum absolute atomic E-state index is 11.5. The van der Waals surface area contributed by atoms with Crippen LogP contribution in [0.15, 0.2) is 22.0 Å². The number of nitrogen functional groups attached to an aromatic ring is 1. The molecule has 0 unspecified atom stereocenters. The number of rotatable bonds is 3. The maximum Gasteiger partial charge on any atom is 0.266 e. The highest BCUT2D eigenvalue weighted by Crippen LogP contribution is 2.09. The molecule has 14 heavy (non-hydrogen) atoms. The van der Waals surface area contributed by atoms with E-state index in [1.807, 2.05) is 0 Å². The Labute approximate surface area is 81.9 Å². The summed E-state index contributed by atoms with van der Waals surface area (Å²) in [5.74, 6) is -0.0421. The average Bonchev–Trinajstić information content (AvgIpc) is 2.09. The normalized spacial score (nSPS) is 11.5. The number of nitrogens with two attached hydrogens (primary N) is 1. The van der Waals surface area contributed by atoms with Gasteiger partial charge in [-0.25, -0.2) is 8.42 Å². The molecule has 1 rings (SSSR count). The summed E-state index contributed by atoms with van der Waals surface area (Å²) >= 11 is 0. The van der Waals surface area contributed by atoms with Crippen LogP contribution in [0.2, 0.25) is 0 Å². The van der Waals surface area contributed by atoms with Crippen molar-refractivity contribution in [3.63, 3.8) is 0 Å². The fourth-order valence-corrected chi connectivity index (χ4v) is 2.50. The second-order valence-corrected chi connectivity index (χ2v) is 5.02. The van der Waals surface area contributed by atoms with Gasteiger partial charge in [-0.15, -0.1) is 0 Å². The molecular formula is C8H12N2O3S. The molecule has 0 aromatic carbocycles. The first-order valence-corrected chi connectivity index (χ1v) is 5.83. The van der Waals surface area contributed by atoms with Crippen LogP contribution in [0.3, 0.4) is 0 Å². The third kappa shape index (κ3) is 2.14. The van der Waals surface area contributed by atoms with E-state index in [0.29, 0.717) is 6.42 Å². The molecule has 5 nitrogen and oxygen atoms in total. The molecule has 0 atom stereocenters. The lowest BCUT2D eigenvalue weighted by Gasteiger charge is -2.01. The molecule has 78 valence electrons. The minimum absolute atomic E-state index is 0.0421. The molecule has 0 saturated heterocycles. The molecule has 3 N–H and O–H groups in total. The van der Waals surface area contributed by atoms with Gasteiger partial charge in [-0.2, -0.15) is 0 Å². The Hall–Kier alpha value is -1.30. The number of pyridine rings is 1. The highest BCUT2D eigenvalue weighted by Gasteiger charge is 2.17. The molecule has 1 aromatic rings. The fraction of sp³-hybridized carbons (Fsp3) is 0.375. The molecule has 0 amide bonds. The monoisotopic (exact) mass is 216 g/mol. The van der Waals surface area contributed by atoms with Crippen molar-refractivity contribution in [1.29, 1.82) is 0 Å². The zero-order valence-corrected chi connectivity index (χ0v) is 8.60. The van der Waals surface area contributed by atoms with Gasteiger partial charge in [0.15, 0.2) is 9.84 Å². The van der Waals surface area contributed by atoms with Gasteiger partial charge in [0, 0.05) is 11.9 Å². The first-order valence-electron chi connectivity index (χ1n) is 4.18. The number of hydrogen-bond donors (Lipinski definition) is 2. The second kappa shape index (κ2) is 3.83. The van der Waals surface area contributed by atoms with E-state index in [2.05, 4.69) is 4.98 Å². The van der Waals surface area contributed by atoms with Crippen LogP contribution >= 0.6 is 0 Å². The minimum atomic E-state index is -3.49. The van der Waals surface area contributed by atoms with Crippen molar-refractivity contribution < 1.29 is 8.42 Å². The molecular weight excluding hydrogens is 204 g/mol. The zero-order chi connectivity index (χ0) is 10.8. The predicted molar refractivity (Wildman–Crippen MR) is 53.8 cm³/mol. The Morgan fingerprint density at radius 1 is 1.50 bits per heavy atom. The molecule has 0 spiro atoms. The molecule has 1 heterocycles. The van der Waals surface area contributed by atoms with Crippen molar-refractivity contribution in [1.82, 2.24) is 4.98 Å². The standard InChI is InChI=1S/C8H12N2O3S/c1-2-3-14(12,13)7-4-6(9)5-10-8(7)11/h4-5H,2-3,9H2,1H3,(H,10,11). The van der Waals surface area contributed by atoms with Crippen molar-refractivity contribution in [3.05, 3.63) is 22.6 Å². The number of aromatic nitrogens is 1. The minimum Gasteiger partial charge on any atom is -0.398 e. The molecule has 0 radical (unpaired) electrons. The van der Waals surface area contributed by atoms with Crippen LogP contribution in [-0.4, -0.2) is 19.2 Å². The Bertz CT molecular complexity index is 476. The Kier molecular flexibility index (Phi) is 2.95. The summed E-state index contributed by atoms with van der Waals surface area (Å²) in [7, 11) is -3.49. The van der Waals surface area contributed by atoms with Gasteiger partial charge in [-0.3, -0.25) is 4.79 Å². The first-order chi connectivity index (χ1) is 6.47. The lowest BCUT2D eigenvalue weighted by atomic mass is 10.4. The van der Waals surface area contributed by atoms with Crippen LogP contribution in [-0.2, 0) is 9.84 Å². The molecule has 0 aliphatic rings. The fourth-order valence-electron chi connectivity index (χ4n) is 1.09. The quantitative estimate of drug-likeness (QED) is 0.751. The van der Waals surface area contributed by atoms with Crippen LogP contribution in [0.5, 0.6) is 0 Å². The van der Waals surface area contributed by atoms with E-state index in [-0.39, 0.29) is 16.3 Å². The lowest BCUT2D eigenvalue weighted by Crippen LogP contribution is -2.19. The average molecular weight is 216 g/mol. The highest BCUT2D eigenvalue weighted by molar-refractivity contribution is 7.91. The van der Waals surface area contributed by atoms with Crippen molar-refractivity contribution >= 4 is 15.5 Å². The first kappa shape index (κ1) is 10.8. The maximum atomic E-state index is 11.5.